The summed E-state index contributed by atoms with van der Waals surface area (Å²) in [5.41, 5.74) is 21.1. The smallest absolute Gasteiger partial charge is 0.323 e. The summed E-state index contributed by atoms with van der Waals surface area (Å²) in [5, 5.41) is 7.78. The van der Waals surface area contributed by atoms with Crippen molar-refractivity contribution < 1.29 is 9.18 Å². The Balaban J connectivity index is 1.75. The second-order valence-corrected chi connectivity index (χ2v) is 6.54. The van der Waals surface area contributed by atoms with Gasteiger partial charge in [-0.05, 0) is 47.5 Å². The summed E-state index contributed by atoms with van der Waals surface area (Å²) in [4.78, 5) is 13.4. The molecule has 146 valence electrons. The lowest BCUT2D eigenvalue weighted by atomic mass is 10.0. The summed E-state index contributed by atoms with van der Waals surface area (Å²) in [6, 6.07) is 16.6. The van der Waals surface area contributed by atoms with E-state index in [2.05, 4.69) is 10.2 Å². The summed E-state index contributed by atoms with van der Waals surface area (Å²) in [6.07, 6.45) is 0. The van der Waals surface area contributed by atoms with Crippen LogP contribution in [0.25, 0.3) is 22.0 Å². The number of nitrogens with zero attached hydrogens (tertiary/aromatic N) is 2. The molecule has 0 unspecified atom stereocenters. The molecule has 0 fully saturated rings. The van der Waals surface area contributed by atoms with E-state index in [0.717, 1.165) is 22.0 Å². The minimum atomic E-state index is -0.687. The molecule has 7 N–H and O–H groups in total. The zero-order valence-electron chi connectivity index (χ0n) is 15.4. The Morgan fingerprint density at radius 3 is 2.48 bits per heavy atom. The number of amides is 2. The van der Waals surface area contributed by atoms with E-state index in [1.54, 1.807) is 12.1 Å². The van der Waals surface area contributed by atoms with Gasteiger partial charge >= 0.3 is 6.03 Å². The molecular weight excluding hydrogens is 371 g/mol. The van der Waals surface area contributed by atoms with Crippen molar-refractivity contribution in [2.45, 2.75) is 6.54 Å². The molecule has 0 spiro atoms. The first-order chi connectivity index (χ1) is 14.0. The summed E-state index contributed by atoms with van der Waals surface area (Å²) < 4.78 is 13.8. The minimum absolute atomic E-state index is 0.0152. The number of nitrogen functional groups attached to an aromatic ring is 1. The van der Waals surface area contributed by atoms with Crippen molar-refractivity contribution in [1.82, 2.24) is 10.2 Å². The van der Waals surface area contributed by atoms with E-state index in [9.17, 15) is 9.18 Å². The summed E-state index contributed by atoms with van der Waals surface area (Å²) in [7, 11) is 0. The van der Waals surface area contributed by atoms with Crippen molar-refractivity contribution in [1.29, 1.82) is 0 Å². The molecule has 8 heteroatoms. The first-order valence-electron chi connectivity index (χ1n) is 8.90. The van der Waals surface area contributed by atoms with Crippen molar-refractivity contribution in [2.75, 3.05) is 10.6 Å². The van der Waals surface area contributed by atoms with Crippen LogP contribution < -0.4 is 22.1 Å². The lowest BCUT2D eigenvalue weighted by Crippen LogP contribution is -2.31. The number of carbonyl (C=O) groups is 1. The van der Waals surface area contributed by atoms with Gasteiger partial charge in [-0.1, -0.05) is 24.3 Å². The molecule has 0 aliphatic rings. The number of nitrogens with one attached hydrogen (secondary N) is 1. The number of hydrogen-bond acceptors (Lipinski definition) is 4. The average molecular weight is 390 g/mol. The van der Waals surface area contributed by atoms with Gasteiger partial charge in [-0.25, -0.2) is 9.18 Å². The number of primary amides is 1. The number of anilines is 3. The predicted molar refractivity (Wildman–Crippen MR) is 112 cm³/mol. The fraction of sp³-hybridized carbons (Fsp3) is 0.0476. The zero-order chi connectivity index (χ0) is 20.5. The Bertz CT molecular complexity index is 1200. The molecule has 0 atom stereocenters. The highest BCUT2D eigenvalue weighted by molar-refractivity contribution is 6.02. The van der Waals surface area contributed by atoms with Crippen LogP contribution in [0.1, 0.15) is 5.56 Å². The zero-order valence-corrected chi connectivity index (χ0v) is 15.4. The summed E-state index contributed by atoms with van der Waals surface area (Å²) in [6.45, 7) is 0.0152. The number of H-pyrrole nitrogens is 1. The van der Waals surface area contributed by atoms with Crippen molar-refractivity contribution in [2.24, 2.45) is 11.5 Å². The van der Waals surface area contributed by atoms with Gasteiger partial charge in [0.2, 0.25) is 0 Å². The number of carbonyl (C=O) groups excluding carboxylic acids is 1. The predicted octanol–water partition coefficient (Wildman–Crippen LogP) is 3.63. The molecular formula is C21H19FN6O. The minimum Gasteiger partial charge on any atom is -0.382 e. The Hall–Kier alpha value is -3.91. The normalized spacial score (nSPS) is 11.0. The number of nitrogens with two attached hydrogens (primary N) is 3. The molecule has 4 aromatic rings. The molecule has 1 heterocycles. The number of aromatic amines is 1. The van der Waals surface area contributed by atoms with Crippen LogP contribution in [0.5, 0.6) is 0 Å². The lowest BCUT2D eigenvalue weighted by molar-refractivity contribution is 0.256. The molecule has 0 saturated carbocycles. The van der Waals surface area contributed by atoms with Gasteiger partial charge in [0.05, 0.1) is 22.3 Å². The largest absolute Gasteiger partial charge is 0.382 e. The molecule has 29 heavy (non-hydrogen) atoms. The van der Waals surface area contributed by atoms with Crippen LogP contribution in [0.3, 0.4) is 0 Å². The Labute approximate surface area is 165 Å². The molecule has 4 rings (SSSR count). The van der Waals surface area contributed by atoms with Crippen LogP contribution in [0, 0.1) is 5.82 Å². The summed E-state index contributed by atoms with van der Waals surface area (Å²) in [5.74, 6) is -0.0131. The lowest BCUT2D eigenvalue weighted by Gasteiger charge is -2.22. The van der Waals surface area contributed by atoms with Crippen molar-refractivity contribution in [3.63, 3.8) is 0 Å². The molecule has 0 bridgehead atoms. The molecule has 3 aromatic carbocycles. The molecule has 1 aromatic heterocycles. The second-order valence-electron chi connectivity index (χ2n) is 6.54. The fourth-order valence-electron chi connectivity index (χ4n) is 3.39. The maximum atomic E-state index is 13.8. The number of benzene rings is 3. The van der Waals surface area contributed by atoms with E-state index in [4.69, 9.17) is 17.2 Å². The second kappa shape index (κ2) is 7.25. The van der Waals surface area contributed by atoms with E-state index in [1.165, 1.54) is 23.1 Å². The molecule has 0 radical (unpaired) electrons. The van der Waals surface area contributed by atoms with E-state index in [-0.39, 0.29) is 6.54 Å². The first-order valence-corrected chi connectivity index (χ1v) is 8.90. The van der Waals surface area contributed by atoms with E-state index in [1.807, 2.05) is 30.3 Å². The number of fused-ring (bicyclic) bond motifs is 1. The number of urea groups is 1. The van der Waals surface area contributed by atoms with Crippen molar-refractivity contribution >= 4 is 34.1 Å². The topological polar surface area (TPSA) is 127 Å². The van der Waals surface area contributed by atoms with Crippen LogP contribution in [-0.4, -0.2) is 16.2 Å². The number of aromatic nitrogens is 2. The van der Waals surface area contributed by atoms with Gasteiger partial charge in [0.1, 0.15) is 5.82 Å². The quantitative estimate of drug-likeness (QED) is 0.424. The third-order valence-electron chi connectivity index (χ3n) is 4.78. The van der Waals surface area contributed by atoms with Crippen molar-refractivity contribution in [3.8, 4) is 11.1 Å². The van der Waals surface area contributed by atoms with Gasteiger partial charge in [-0.15, -0.1) is 0 Å². The van der Waals surface area contributed by atoms with Gasteiger partial charge < -0.3 is 17.2 Å². The highest BCUT2D eigenvalue weighted by atomic mass is 19.1. The first kappa shape index (κ1) is 18.5. The number of rotatable bonds is 4. The fourth-order valence-corrected chi connectivity index (χ4v) is 3.39. The van der Waals surface area contributed by atoms with Gasteiger partial charge in [0.15, 0.2) is 5.82 Å². The monoisotopic (exact) mass is 390 g/mol. The Morgan fingerprint density at radius 2 is 1.79 bits per heavy atom. The van der Waals surface area contributed by atoms with E-state index in [0.29, 0.717) is 22.8 Å². The molecule has 7 nitrogen and oxygen atoms in total. The van der Waals surface area contributed by atoms with E-state index < -0.39 is 11.8 Å². The molecule has 2 amide bonds. The van der Waals surface area contributed by atoms with Crippen molar-refractivity contribution in [3.05, 3.63) is 72.0 Å². The SMILES string of the molecule is NCc1cc(N(C(N)=O)c2ccc(-c3cccc4[nH]nc(N)c34)cc2)ccc1F. The third kappa shape index (κ3) is 3.26. The van der Waals surface area contributed by atoms with Crippen LogP contribution in [0.2, 0.25) is 0 Å². The Kier molecular flexibility index (Phi) is 4.61. The van der Waals surface area contributed by atoms with Crippen LogP contribution >= 0.6 is 0 Å². The Morgan fingerprint density at radius 1 is 1.07 bits per heavy atom. The van der Waals surface area contributed by atoms with Crippen LogP contribution in [0.15, 0.2) is 60.7 Å². The molecule has 0 aliphatic carbocycles. The highest BCUT2D eigenvalue weighted by Gasteiger charge is 2.17. The van der Waals surface area contributed by atoms with Gasteiger partial charge in [-0.3, -0.25) is 10.00 Å². The van der Waals surface area contributed by atoms with Gasteiger partial charge in [0, 0.05) is 12.1 Å². The van der Waals surface area contributed by atoms with Crippen LogP contribution in [-0.2, 0) is 6.54 Å². The average Bonchev–Trinajstić information content (AvgIpc) is 3.11. The number of hydrogen-bond donors (Lipinski definition) is 4. The van der Waals surface area contributed by atoms with Gasteiger partial charge in [0.25, 0.3) is 0 Å². The highest BCUT2D eigenvalue weighted by Crippen LogP contribution is 2.33. The third-order valence-corrected chi connectivity index (χ3v) is 4.78. The molecule has 0 saturated heterocycles. The number of halogens is 1. The molecule has 0 aliphatic heterocycles. The van der Waals surface area contributed by atoms with E-state index >= 15 is 0 Å². The van der Waals surface area contributed by atoms with Crippen LogP contribution in [0.4, 0.5) is 26.4 Å². The standard InChI is InChI=1S/C21H19FN6O/c22-17-9-8-15(10-13(17)11-23)28(21(25)29)14-6-4-12(5-7-14)16-2-1-3-18-19(16)20(24)27-26-18/h1-10H,11,23H2,(H2,25,29)(H3,24,26,27). The maximum absolute atomic E-state index is 13.8. The maximum Gasteiger partial charge on any atom is 0.323 e. The summed E-state index contributed by atoms with van der Waals surface area (Å²) >= 11 is 0. The van der Waals surface area contributed by atoms with Gasteiger partial charge in [-0.2, -0.15) is 5.10 Å².